The average Bonchev–Trinajstić information content (AvgIpc) is 2.69. The molecule has 1 amide bonds. The van der Waals surface area contributed by atoms with E-state index in [0.717, 1.165) is 18.7 Å². The van der Waals surface area contributed by atoms with Crippen molar-refractivity contribution >= 4 is 5.91 Å². The maximum Gasteiger partial charge on any atom is 0.387 e. The third-order valence-corrected chi connectivity index (χ3v) is 4.47. The Balaban J connectivity index is 1.72. The number of morpholine rings is 1. The Kier molecular flexibility index (Phi) is 6.73. The summed E-state index contributed by atoms with van der Waals surface area (Å²) in [6.07, 6.45) is 0. The molecule has 0 aromatic heterocycles. The summed E-state index contributed by atoms with van der Waals surface area (Å²) in [5.41, 5.74) is 1.17. The molecule has 0 radical (unpaired) electrons. The summed E-state index contributed by atoms with van der Waals surface area (Å²) >= 11 is 0. The third-order valence-electron chi connectivity index (χ3n) is 4.47. The molecular weight excluding hydrogens is 354 g/mol. The summed E-state index contributed by atoms with van der Waals surface area (Å²) in [6.45, 7) is 0.182. The number of halogens is 2. The Morgan fingerprint density at radius 3 is 2.44 bits per heavy atom. The number of rotatable bonds is 7. The lowest BCUT2D eigenvalue weighted by Gasteiger charge is -2.35. The van der Waals surface area contributed by atoms with Crippen molar-refractivity contribution in [2.75, 3.05) is 32.8 Å². The normalized spacial score (nSPS) is 16.1. The number of benzene rings is 2. The zero-order valence-corrected chi connectivity index (χ0v) is 14.8. The van der Waals surface area contributed by atoms with Gasteiger partial charge in [-0.25, -0.2) is 0 Å². The molecule has 144 valence electrons. The highest BCUT2D eigenvalue weighted by molar-refractivity contribution is 5.96. The highest BCUT2D eigenvalue weighted by Gasteiger charge is 2.24. The van der Waals surface area contributed by atoms with Gasteiger partial charge in [0.15, 0.2) is 0 Å². The fourth-order valence-corrected chi connectivity index (χ4v) is 3.16. The maximum atomic E-state index is 12.6. The van der Waals surface area contributed by atoms with E-state index in [1.54, 1.807) is 12.1 Å². The van der Waals surface area contributed by atoms with Gasteiger partial charge in [-0.2, -0.15) is 8.78 Å². The molecule has 7 heteroatoms. The van der Waals surface area contributed by atoms with E-state index < -0.39 is 12.5 Å². The third kappa shape index (κ3) is 5.24. The Hall–Kier alpha value is -2.51. The van der Waals surface area contributed by atoms with E-state index >= 15 is 0 Å². The van der Waals surface area contributed by atoms with Crippen molar-refractivity contribution in [1.29, 1.82) is 0 Å². The van der Waals surface area contributed by atoms with Crippen molar-refractivity contribution in [1.82, 2.24) is 10.2 Å². The number of ether oxygens (including phenoxy) is 2. The lowest BCUT2D eigenvalue weighted by molar-refractivity contribution is -0.0501. The fraction of sp³-hybridized carbons (Fsp3) is 0.350. The topological polar surface area (TPSA) is 50.8 Å². The smallest absolute Gasteiger partial charge is 0.387 e. The van der Waals surface area contributed by atoms with Crippen molar-refractivity contribution < 1.29 is 23.0 Å². The monoisotopic (exact) mass is 376 g/mol. The van der Waals surface area contributed by atoms with Crippen LogP contribution in [0.3, 0.4) is 0 Å². The van der Waals surface area contributed by atoms with Gasteiger partial charge < -0.3 is 14.8 Å². The molecule has 0 saturated carbocycles. The molecule has 5 nitrogen and oxygen atoms in total. The zero-order chi connectivity index (χ0) is 19.1. The molecular formula is C20H22F2N2O3. The van der Waals surface area contributed by atoms with Gasteiger partial charge in [0.1, 0.15) is 5.75 Å². The van der Waals surface area contributed by atoms with Gasteiger partial charge in [-0.15, -0.1) is 0 Å². The minimum Gasteiger partial charge on any atom is -0.434 e. The average molecular weight is 376 g/mol. The highest BCUT2D eigenvalue weighted by atomic mass is 19.3. The molecule has 2 aromatic carbocycles. The number of nitrogens with one attached hydrogen (secondary N) is 1. The second-order valence-corrected chi connectivity index (χ2v) is 6.16. The van der Waals surface area contributed by atoms with Crippen LogP contribution >= 0.6 is 0 Å². The first-order valence-corrected chi connectivity index (χ1v) is 8.84. The lowest BCUT2D eigenvalue weighted by atomic mass is 10.0. The summed E-state index contributed by atoms with van der Waals surface area (Å²) in [6, 6.07) is 15.8. The van der Waals surface area contributed by atoms with E-state index in [9.17, 15) is 13.6 Å². The lowest BCUT2D eigenvalue weighted by Crippen LogP contribution is -2.43. The maximum absolute atomic E-state index is 12.6. The Morgan fingerprint density at radius 2 is 1.74 bits per heavy atom. The minimum absolute atomic E-state index is 0.0257. The zero-order valence-electron chi connectivity index (χ0n) is 14.8. The number of hydrogen-bond donors (Lipinski definition) is 1. The van der Waals surface area contributed by atoms with Crippen LogP contribution in [0.5, 0.6) is 5.75 Å². The van der Waals surface area contributed by atoms with E-state index in [4.69, 9.17) is 4.74 Å². The first-order chi connectivity index (χ1) is 13.1. The number of carbonyl (C=O) groups excluding carboxylic acids is 1. The van der Waals surface area contributed by atoms with Crippen LogP contribution < -0.4 is 10.1 Å². The van der Waals surface area contributed by atoms with Crippen LogP contribution in [0, 0.1) is 0 Å². The van der Waals surface area contributed by atoms with Gasteiger partial charge in [-0.05, 0) is 17.7 Å². The number of para-hydroxylation sites is 1. The fourth-order valence-electron chi connectivity index (χ4n) is 3.16. The quantitative estimate of drug-likeness (QED) is 0.807. The first kappa shape index (κ1) is 19.3. The number of hydrogen-bond acceptors (Lipinski definition) is 4. The van der Waals surface area contributed by atoms with E-state index in [2.05, 4.69) is 15.0 Å². The molecule has 27 heavy (non-hydrogen) atoms. The van der Waals surface area contributed by atoms with Gasteiger partial charge in [0.05, 0.1) is 24.8 Å². The van der Waals surface area contributed by atoms with Crippen LogP contribution in [0.4, 0.5) is 8.78 Å². The van der Waals surface area contributed by atoms with Crippen LogP contribution in [0.25, 0.3) is 0 Å². The molecule has 1 atom stereocenters. The van der Waals surface area contributed by atoms with Crippen LogP contribution in [0.2, 0.25) is 0 Å². The number of nitrogens with zero attached hydrogens (tertiary/aromatic N) is 1. The molecule has 1 aliphatic rings. The molecule has 0 aliphatic carbocycles. The first-order valence-electron chi connectivity index (χ1n) is 8.84. The van der Waals surface area contributed by atoms with Crippen molar-refractivity contribution in [3.05, 3.63) is 65.7 Å². The largest absolute Gasteiger partial charge is 0.434 e. The number of amides is 1. The Morgan fingerprint density at radius 1 is 1.07 bits per heavy atom. The molecule has 1 unspecified atom stereocenters. The van der Waals surface area contributed by atoms with E-state index in [1.807, 2.05) is 30.3 Å². The van der Waals surface area contributed by atoms with E-state index in [1.165, 1.54) is 12.1 Å². The van der Waals surface area contributed by atoms with Gasteiger partial charge in [0.2, 0.25) is 0 Å². The predicted molar refractivity (Wildman–Crippen MR) is 97.0 cm³/mol. The van der Waals surface area contributed by atoms with Gasteiger partial charge in [0.25, 0.3) is 5.91 Å². The van der Waals surface area contributed by atoms with E-state index in [0.29, 0.717) is 19.8 Å². The minimum atomic E-state index is -2.98. The standard InChI is InChI=1S/C20H22F2N2O3/c21-20(22)27-18-9-5-4-8-16(18)19(25)23-14-17(15-6-2-1-3-7-15)24-10-12-26-13-11-24/h1-9,17,20H,10-14H2,(H,23,25). The molecule has 1 fully saturated rings. The molecule has 3 rings (SSSR count). The summed E-state index contributed by atoms with van der Waals surface area (Å²) in [5.74, 6) is -0.576. The summed E-state index contributed by atoms with van der Waals surface area (Å²) < 4.78 is 35.0. The molecule has 1 saturated heterocycles. The Bertz CT molecular complexity index is 737. The predicted octanol–water partition coefficient (Wildman–Crippen LogP) is 3.09. The van der Waals surface area contributed by atoms with Crippen molar-refractivity contribution in [2.45, 2.75) is 12.7 Å². The van der Waals surface area contributed by atoms with Gasteiger partial charge in [-0.1, -0.05) is 42.5 Å². The van der Waals surface area contributed by atoms with Crippen LogP contribution in [-0.4, -0.2) is 50.3 Å². The summed E-state index contributed by atoms with van der Waals surface area (Å²) in [4.78, 5) is 14.8. The van der Waals surface area contributed by atoms with Crippen LogP contribution in [-0.2, 0) is 4.74 Å². The van der Waals surface area contributed by atoms with Crippen molar-refractivity contribution in [2.24, 2.45) is 0 Å². The van der Waals surface area contributed by atoms with Gasteiger partial charge >= 0.3 is 6.61 Å². The second-order valence-electron chi connectivity index (χ2n) is 6.16. The van der Waals surface area contributed by atoms with Crippen molar-refractivity contribution in [3.63, 3.8) is 0 Å². The molecule has 1 N–H and O–H groups in total. The van der Waals surface area contributed by atoms with Crippen molar-refractivity contribution in [3.8, 4) is 5.75 Å². The van der Waals surface area contributed by atoms with Crippen LogP contribution in [0.15, 0.2) is 54.6 Å². The van der Waals surface area contributed by atoms with E-state index in [-0.39, 0.29) is 17.4 Å². The molecule has 1 aliphatic heterocycles. The molecule has 2 aromatic rings. The summed E-state index contributed by atoms with van der Waals surface area (Å²) in [5, 5.41) is 2.86. The molecule has 0 bridgehead atoms. The molecule has 1 heterocycles. The molecule has 0 spiro atoms. The summed E-state index contributed by atoms with van der Waals surface area (Å²) in [7, 11) is 0. The van der Waals surface area contributed by atoms with Gasteiger partial charge in [0, 0.05) is 19.6 Å². The second kappa shape index (κ2) is 9.43. The SMILES string of the molecule is O=C(NCC(c1ccccc1)N1CCOCC1)c1ccccc1OC(F)F. The van der Waals surface area contributed by atoms with Crippen LogP contribution in [0.1, 0.15) is 22.0 Å². The van der Waals surface area contributed by atoms with Gasteiger partial charge in [-0.3, -0.25) is 9.69 Å². The number of carbonyl (C=O) groups is 1. The Labute approximate surface area is 156 Å². The number of alkyl halides is 2. The highest BCUT2D eigenvalue weighted by Crippen LogP contribution is 2.23.